The summed E-state index contributed by atoms with van der Waals surface area (Å²) >= 11 is 5.90. The molecule has 0 bridgehead atoms. The second-order valence-electron chi connectivity index (χ2n) is 3.33. The van der Waals surface area contributed by atoms with Gasteiger partial charge in [-0.25, -0.2) is 0 Å². The summed E-state index contributed by atoms with van der Waals surface area (Å²) < 4.78 is 10.5. The van der Waals surface area contributed by atoms with Gasteiger partial charge in [0.1, 0.15) is 5.75 Å². The van der Waals surface area contributed by atoms with Crippen molar-refractivity contribution in [3.63, 3.8) is 0 Å². The Bertz CT molecular complexity index is 329. The van der Waals surface area contributed by atoms with Crippen LogP contribution in [0.1, 0.15) is 12.0 Å². The van der Waals surface area contributed by atoms with E-state index in [0.29, 0.717) is 23.9 Å². The highest BCUT2D eigenvalue weighted by Crippen LogP contribution is 2.28. The molecule has 0 saturated carbocycles. The van der Waals surface area contributed by atoms with Crippen LogP contribution in [0.25, 0.3) is 0 Å². The Morgan fingerprint density at radius 3 is 2.73 bits per heavy atom. The Labute approximate surface area is 95.1 Å². The molecule has 0 fully saturated rings. The molecular formula is C11H16ClNO2. The maximum atomic E-state index is 5.90. The van der Waals surface area contributed by atoms with Gasteiger partial charge in [-0.15, -0.1) is 0 Å². The quantitative estimate of drug-likeness (QED) is 0.624. The van der Waals surface area contributed by atoms with Crippen molar-refractivity contribution in [3.05, 3.63) is 22.7 Å². The minimum Gasteiger partial charge on any atom is -0.493 e. The smallest absolute Gasteiger partial charge is 0.123 e. The summed E-state index contributed by atoms with van der Waals surface area (Å²) in [6, 6.07) is 3.56. The van der Waals surface area contributed by atoms with Gasteiger partial charge in [-0.2, -0.15) is 0 Å². The van der Waals surface area contributed by atoms with E-state index in [-0.39, 0.29) is 0 Å². The van der Waals surface area contributed by atoms with Crippen molar-refractivity contribution in [2.24, 2.45) is 0 Å². The summed E-state index contributed by atoms with van der Waals surface area (Å²) in [6.45, 7) is 3.26. The zero-order chi connectivity index (χ0) is 11.3. The normalized spacial score (nSPS) is 10.3. The molecule has 0 aliphatic carbocycles. The molecule has 2 N–H and O–H groups in total. The lowest BCUT2D eigenvalue weighted by Gasteiger charge is -2.10. The topological polar surface area (TPSA) is 44.5 Å². The first-order valence-corrected chi connectivity index (χ1v) is 5.20. The molecule has 0 aromatic heterocycles. The highest BCUT2D eigenvalue weighted by atomic mass is 35.5. The summed E-state index contributed by atoms with van der Waals surface area (Å²) in [7, 11) is 1.67. The van der Waals surface area contributed by atoms with Crippen LogP contribution in [0, 0.1) is 6.92 Å². The van der Waals surface area contributed by atoms with Gasteiger partial charge in [0.15, 0.2) is 0 Å². The molecule has 0 aliphatic rings. The molecule has 4 heteroatoms. The van der Waals surface area contributed by atoms with Gasteiger partial charge in [0.2, 0.25) is 0 Å². The Morgan fingerprint density at radius 1 is 1.33 bits per heavy atom. The number of nitrogens with two attached hydrogens (primary N) is 1. The lowest BCUT2D eigenvalue weighted by atomic mass is 10.2. The highest BCUT2D eigenvalue weighted by molar-refractivity contribution is 6.33. The number of nitrogen functional groups attached to an aromatic ring is 1. The molecule has 0 saturated heterocycles. The second-order valence-corrected chi connectivity index (χ2v) is 3.74. The molecule has 1 aromatic carbocycles. The van der Waals surface area contributed by atoms with Crippen molar-refractivity contribution < 1.29 is 9.47 Å². The van der Waals surface area contributed by atoms with Gasteiger partial charge in [-0.1, -0.05) is 11.6 Å². The first-order valence-electron chi connectivity index (χ1n) is 4.82. The first-order chi connectivity index (χ1) is 7.15. The number of halogens is 1. The Balaban J connectivity index is 2.57. The predicted octanol–water partition coefficient (Wildman–Crippen LogP) is 2.65. The lowest BCUT2D eigenvalue weighted by molar-refractivity contribution is 0.172. The third-order valence-corrected chi connectivity index (χ3v) is 2.37. The van der Waals surface area contributed by atoms with Crippen LogP contribution in [0.3, 0.4) is 0 Å². The zero-order valence-electron chi connectivity index (χ0n) is 9.05. The molecule has 0 heterocycles. The fraction of sp³-hybridized carbons (Fsp3) is 0.455. The number of hydrogen-bond donors (Lipinski definition) is 1. The van der Waals surface area contributed by atoms with Gasteiger partial charge < -0.3 is 15.2 Å². The zero-order valence-corrected chi connectivity index (χ0v) is 9.80. The van der Waals surface area contributed by atoms with Gasteiger partial charge in [0.25, 0.3) is 0 Å². The van der Waals surface area contributed by atoms with E-state index in [1.165, 1.54) is 0 Å². The second kappa shape index (κ2) is 5.83. The number of benzene rings is 1. The fourth-order valence-electron chi connectivity index (χ4n) is 1.23. The van der Waals surface area contributed by atoms with E-state index < -0.39 is 0 Å². The van der Waals surface area contributed by atoms with Gasteiger partial charge in [0.05, 0.1) is 17.3 Å². The Morgan fingerprint density at radius 2 is 2.07 bits per heavy atom. The summed E-state index contributed by atoms with van der Waals surface area (Å²) in [5.74, 6) is 0.783. The predicted molar refractivity (Wildman–Crippen MR) is 62.6 cm³/mol. The van der Waals surface area contributed by atoms with Crippen molar-refractivity contribution in [1.29, 1.82) is 0 Å². The van der Waals surface area contributed by atoms with Gasteiger partial charge in [-0.3, -0.25) is 0 Å². The van der Waals surface area contributed by atoms with Crippen LogP contribution >= 0.6 is 11.6 Å². The van der Waals surface area contributed by atoms with E-state index in [4.69, 9.17) is 26.8 Å². The molecule has 15 heavy (non-hydrogen) atoms. The van der Waals surface area contributed by atoms with E-state index in [9.17, 15) is 0 Å². The van der Waals surface area contributed by atoms with Gasteiger partial charge >= 0.3 is 0 Å². The number of methoxy groups -OCH3 is 1. The van der Waals surface area contributed by atoms with Crippen molar-refractivity contribution >= 4 is 17.3 Å². The maximum Gasteiger partial charge on any atom is 0.123 e. The number of hydrogen-bond acceptors (Lipinski definition) is 3. The summed E-state index contributed by atoms with van der Waals surface area (Å²) in [5.41, 5.74) is 7.23. The number of rotatable bonds is 5. The molecule has 0 atom stereocenters. The SMILES string of the molecule is COCCCOc1cc(Cl)c(N)cc1C. The minimum atomic E-state index is 0.530. The molecule has 1 aromatic rings. The van der Waals surface area contributed by atoms with E-state index in [1.54, 1.807) is 13.2 Å². The molecular weight excluding hydrogens is 214 g/mol. The molecule has 0 spiro atoms. The monoisotopic (exact) mass is 229 g/mol. The Kier molecular flexibility index (Phi) is 4.72. The maximum absolute atomic E-state index is 5.90. The average Bonchev–Trinajstić information content (AvgIpc) is 2.20. The highest BCUT2D eigenvalue weighted by Gasteiger charge is 2.04. The van der Waals surface area contributed by atoms with Crippen molar-refractivity contribution in [2.45, 2.75) is 13.3 Å². The van der Waals surface area contributed by atoms with E-state index >= 15 is 0 Å². The molecule has 0 amide bonds. The fourth-order valence-corrected chi connectivity index (χ4v) is 1.38. The van der Waals surface area contributed by atoms with E-state index in [1.807, 2.05) is 13.0 Å². The molecule has 1 rings (SSSR count). The van der Waals surface area contributed by atoms with E-state index in [2.05, 4.69) is 0 Å². The molecule has 0 aliphatic heterocycles. The van der Waals surface area contributed by atoms with E-state index in [0.717, 1.165) is 17.7 Å². The minimum absolute atomic E-state index is 0.530. The standard InChI is InChI=1S/C11H16ClNO2/c1-8-6-10(13)9(12)7-11(8)15-5-3-4-14-2/h6-7H,3-5,13H2,1-2H3. The van der Waals surface area contributed by atoms with Crippen LogP contribution in [0.15, 0.2) is 12.1 Å². The first kappa shape index (κ1) is 12.1. The van der Waals surface area contributed by atoms with Crippen LogP contribution in [0.4, 0.5) is 5.69 Å². The van der Waals surface area contributed by atoms with Crippen LogP contribution < -0.4 is 10.5 Å². The van der Waals surface area contributed by atoms with Crippen molar-refractivity contribution in [2.75, 3.05) is 26.1 Å². The van der Waals surface area contributed by atoms with Crippen molar-refractivity contribution in [1.82, 2.24) is 0 Å². The lowest BCUT2D eigenvalue weighted by Crippen LogP contribution is -2.02. The Hall–Kier alpha value is -0.930. The van der Waals surface area contributed by atoms with Crippen LogP contribution in [-0.2, 0) is 4.74 Å². The largest absolute Gasteiger partial charge is 0.493 e. The van der Waals surface area contributed by atoms with Crippen molar-refractivity contribution in [3.8, 4) is 5.75 Å². The van der Waals surface area contributed by atoms with Crippen LogP contribution in [0.5, 0.6) is 5.75 Å². The summed E-state index contributed by atoms with van der Waals surface area (Å²) in [4.78, 5) is 0. The molecule has 3 nitrogen and oxygen atoms in total. The number of ether oxygens (including phenoxy) is 2. The average molecular weight is 230 g/mol. The number of aryl methyl sites for hydroxylation is 1. The molecule has 0 radical (unpaired) electrons. The molecule has 84 valence electrons. The summed E-state index contributed by atoms with van der Waals surface area (Å²) in [5, 5.41) is 0.530. The van der Waals surface area contributed by atoms with Gasteiger partial charge in [0, 0.05) is 26.2 Å². The van der Waals surface area contributed by atoms with Gasteiger partial charge in [-0.05, 0) is 18.6 Å². The number of anilines is 1. The molecule has 0 unspecified atom stereocenters. The summed E-state index contributed by atoms with van der Waals surface area (Å²) in [6.07, 6.45) is 0.859. The third-order valence-electron chi connectivity index (χ3n) is 2.04. The third kappa shape index (κ3) is 3.61. The van der Waals surface area contributed by atoms with Crippen LogP contribution in [-0.4, -0.2) is 20.3 Å². The van der Waals surface area contributed by atoms with Crippen LogP contribution in [0.2, 0.25) is 5.02 Å².